The van der Waals surface area contributed by atoms with Gasteiger partial charge in [-0.2, -0.15) is 5.10 Å². The van der Waals surface area contributed by atoms with E-state index in [1.807, 2.05) is 0 Å². The molecule has 1 aliphatic heterocycles. The maximum absolute atomic E-state index is 12.0. The Kier molecular flexibility index (Phi) is 4.28. The van der Waals surface area contributed by atoms with E-state index >= 15 is 0 Å². The van der Waals surface area contributed by atoms with Gasteiger partial charge in [0.05, 0.1) is 26.0 Å². The van der Waals surface area contributed by atoms with E-state index in [-0.39, 0.29) is 5.91 Å². The second kappa shape index (κ2) is 6.71. The Bertz CT molecular complexity index is 784. The summed E-state index contributed by atoms with van der Waals surface area (Å²) >= 11 is 0. The first-order valence-corrected chi connectivity index (χ1v) is 8.47. The van der Waals surface area contributed by atoms with Crippen molar-refractivity contribution in [2.75, 3.05) is 32.8 Å². The molecule has 1 heterocycles. The number of hydrogen-bond acceptors (Lipinski definition) is 4. The third-order valence-electron chi connectivity index (χ3n) is 4.77. The van der Waals surface area contributed by atoms with Gasteiger partial charge in [0.2, 0.25) is 0 Å². The maximum atomic E-state index is 12.0. The van der Waals surface area contributed by atoms with Crippen molar-refractivity contribution in [3.63, 3.8) is 0 Å². The molecule has 4 rings (SSSR count). The smallest absolute Gasteiger partial charge is 0.254 e. The Morgan fingerprint density at radius 3 is 2.79 bits per heavy atom. The van der Waals surface area contributed by atoms with Gasteiger partial charge in [-0.15, -0.1) is 0 Å². The van der Waals surface area contributed by atoms with Gasteiger partial charge in [0.1, 0.15) is 0 Å². The minimum atomic E-state index is -0.0842. The summed E-state index contributed by atoms with van der Waals surface area (Å²) in [5.74, 6) is -0.0842. The number of aryl methyl sites for hydroxylation is 2. The molecule has 1 fully saturated rings. The van der Waals surface area contributed by atoms with E-state index < -0.39 is 0 Å². The van der Waals surface area contributed by atoms with Crippen molar-refractivity contribution in [2.24, 2.45) is 5.10 Å². The van der Waals surface area contributed by atoms with Gasteiger partial charge in [0, 0.05) is 18.7 Å². The van der Waals surface area contributed by atoms with Crippen LogP contribution in [0.1, 0.15) is 16.7 Å². The van der Waals surface area contributed by atoms with Crippen molar-refractivity contribution in [1.82, 2.24) is 10.3 Å². The maximum Gasteiger partial charge on any atom is 0.254 e. The molecule has 0 atom stereocenters. The Morgan fingerprint density at radius 1 is 1.17 bits per heavy atom. The normalized spacial score (nSPS) is 17.7. The monoisotopic (exact) mass is 323 g/mol. The largest absolute Gasteiger partial charge is 0.379 e. The second-order valence-electron chi connectivity index (χ2n) is 6.34. The molecule has 2 aromatic rings. The number of benzene rings is 2. The highest BCUT2D eigenvalue weighted by Crippen LogP contribution is 2.32. The first-order chi connectivity index (χ1) is 11.8. The first-order valence-electron chi connectivity index (χ1n) is 8.47. The van der Waals surface area contributed by atoms with Crippen molar-refractivity contribution in [3.05, 3.63) is 47.0 Å². The molecule has 1 N–H and O–H groups in total. The Balaban J connectivity index is 1.45. The molecule has 2 aliphatic rings. The van der Waals surface area contributed by atoms with E-state index in [0.29, 0.717) is 19.8 Å². The Hall–Kier alpha value is -2.24. The average molecular weight is 323 g/mol. The van der Waals surface area contributed by atoms with Crippen LogP contribution in [0.3, 0.4) is 0 Å². The fraction of sp³-hybridized carbons (Fsp3) is 0.368. The first kappa shape index (κ1) is 15.3. The van der Waals surface area contributed by atoms with Crippen LogP contribution < -0.4 is 5.43 Å². The number of nitrogens with one attached hydrogen (secondary N) is 1. The number of hydrogen-bond donors (Lipinski definition) is 1. The van der Waals surface area contributed by atoms with E-state index in [2.05, 4.69) is 45.8 Å². The van der Waals surface area contributed by atoms with Crippen LogP contribution >= 0.6 is 0 Å². The Morgan fingerprint density at radius 2 is 1.96 bits per heavy atom. The lowest BCUT2D eigenvalue weighted by molar-refractivity contribution is -0.123. The van der Waals surface area contributed by atoms with Crippen LogP contribution in [0.4, 0.5) is 0 Å². The molecule has 0 saturated carbocycles. The predicted molar refractivity (Wildman–Crippen MR) is 94.4 cm³/mol. The standard InChI is InChI=1S/C19H21N3O2/c23-18(13-22-8-10-24-11-9-22)21-20-12-16-7-6-15-5-4-14-2-1-3-17(16)19(14)15/h1-3,6-7,12H,4-5,8-11,13H2,(H,21,23)/b20-12+. The minimum absolute atomic E-state index is 0.0842. The zero-order valence-corrected chi connectivity index (χ0v) is 13.6. The molecule has 24 heavy (non-hydrogen) atoms. The number of carbonyl (C=O) groups excluding carboxylic acids is 1. The highest BCUT2D eigenvalue weighted by Gasteiger charge is 2.15. The van der Waals surface area contributed by atoms with Gasteiger partial charge in [-0.1, -0.05) is 30.3 Å². The van der Waals surface area contributed by atoms with Gasteiger partial charge in [0.25, 0.3) is 5.91 Å². The van der Waals surface area contributed by atoms with Gasteiger partial charge in [0.15, 0.2) is 0 Å². The molecule has 0 spiro atoms. The van der Waals surface area contributed by atoms with Gasteiger partial charge in [-0.3, -0.25) is 9.69 Å². The number of nitrogens with zero attached hydrogens (tertiary/aromatic N) is 2. The quantitative estimate of drug-likeness (QED) is 0.688. The summed E-state index contributed by atoms with van der Waals surface area (Å²) in [6, 6.07) is 10.7. The van der Waals surface area contributed by atoms with E-state index in [0.717, 1.165) is 31.5 Å². The fourth-order valence-electron chi connectivity index (χ4n) is 3.55. The van der Waals surface area contributed by atoms with E-state index in [4.69, 9.17) is 4.74 Å². The van der Waals surface area contributed by atoms with Gasteiger partial charge < -0.3 is 4.74 Å². The number of ether oxygens (including phenoxy) is 1. The summed E-state index contributed by atoms with van der Waals surface area (Å²) in [5, 5.41) is 6.73. The third kappa shape index (κ3) is 3.05. The topological polar surface area (TPSA) is 53.9 Å². The summed E-state index contributed by atoms with van der Waals surface area (Å²) in [6.45, 7) is 3.34. The molecule has 5 heteroatoms. The zero-order valence-electron chi connectivity index (χ0n) is 13.6. The lowest BCUT2D eigenvalue weighted by atomic mass is 10.0. The minimum Gasteiger partial charge on any atom is -0.379 e. The summed E-state index contributed by atoms with van der Waals surface area (Å²) in [7, 11) is 0. The molecule has 124 valence electrons. The molecule has 0 bridgehead atoms. The van der Waals surface area contributed by atoms with E-state index in [1.165, 1.54) is 21.9 Å². The highest BCUT2D eigenvalue weighted by atomic mass is 16.5. The van der Waals surface area contributed by atoms with Crippen molar-refractivity contribution in [3.8, 4) is 0 Å². The number of morpholine rings is 1. The molecule has 1 saturated heterocycles. The van der Waals surface area contributed by atoms with Crippen LogP contribution in [-0.4, -0.2) is 49.9 Å². The lowest BCUT2D eigenvalue weighted by Crippen LogP contribution is -2.42. The summed E-state index contributed by atoms with van der Waals surface area (Å²) in [5.41, 5.74) is 6.50. The third-order valence-corrected chi connectivity index (χ3v) is 4.77. The molecular formula is C19H21N3O2. The van der Waals surface area contributed by atoms with Crippen LogP contribution in [0.15, 0.2) is 35.4 Å². The molecule has 1 aliphatic carbocycles. The zero-order chi connectivity index (χ0) is 16.4. The number of rotatable bonds is 4. The fourth-order valence-corrected chi connectivity index (χ4v) is 3.55. The summed E-state index contributed by atoms with van der Waals surface area (Å²) in [4.78, 5) is 14.1. The molecule has 5 nitrogen and oxygen atoms in total. The number of hydrazone groups is 1. The van der Waals surface area contributed by atoms with Crippen LogP contribution in [-0.2, 0) is 22.4 Å². The van der Waals surface area contributed by atoms with E-state index in [1.54, 1.807) is 6.21 Å². The van der Waals surface area contributed by atoms with Crippen molar-refractivity contribution >= 4 is 22.9 Å². The van der Waals surface area contributed by atoms with Crippen molar-refractivity contribution in [2.45, 2.75) is 12.8 Å². The second-order valence-corrected chi connectivity index (χ2v) is 6.34. The molecule has 0 radical (unpaired) electrons. The SMILES string of the molecule is O=C(CN1CCOCC1)N/N=C/c1ccc2c3c(cccc13)CC2. The average Bonchev–Trinajstić information content (AvgIpc) is 3.03. The highest BCUT2D eigenvalue weighted by molar-refractivity contribution is 6.03. The number of amides is 1. The van der Waals surface area contributed by atoms with Gasteiger partial charge >= 0.3 is 0 Å². The van der Waals surface area contributed by atoms with Crippen molar-refractivity contribution in [1.29, 1.82) is 0 Å². The predicted octanol–water partition coefficient (Wildman–Crippen LogP) is 1.72. The Labute approximate surface area is 141 Å². The van der Waals surface area contributed by atoms with Crippen LogP contribution in [0.2, 0.25) is 0 Å². The molecule has 0 unspecified atom stereocenters. The lowest BCUT2D eigenvalue weighted by Gasteiger charge is -2.25. The number of carbonyl (C=O) groups is 1. The van der Waals surface area contributed by atoms with Crippen molar-refractivity contribution < 1.29 is 9.53 Å². The molecular weight excluding hydrogens is 302 g/mol. The van der Waals surface area contributed by atoms with Gasteiger partial charge in [-0.05, 0) is 34.7 Å². The van der Waals surface area contributed by atoms with Crippen LogP contribution in [0, 0.1) is 0 Å². The van der Waals surface area contributed by atoms with Crippen LogP contribution in [0.5, 0.6) is 0 Å². The van der Waals surface area contributed by atoms with Gasteiger partial charge in [-0.25, -0.2) is 5.43 Å². The summed E-state index contributed by atoms with van der Waals surface area (Å²) in [6.07, 6.45) is 3.98. The van der Waals surface area contributed by atoms with Crippen LogP contribution in [0.25, 0.3) is 10.8 Å². The molecule has 1 amide bonds. The molecule has 2 aromatic carbocycles. The summed E-state index contributed by atoms with van der Waals surface area (Å²) < 4.78 is 5.28. The van der Waals surface area contributed by atoms with E-state index in [9.17, 15) is 4.79 Å². The molecule has 0 aromatic heterocycles.